The molecule has 0 unspecified atom stereocenters. The van der Waals surface area contributed by atoms with Crippen molar-refractivity contribution in [3.8, 4) is 0 Å². The molecule has 0 aromatic rings. The lowest BCUT2D eigenvalue weighted by Gasteiger charge is -2.22. The van der Waals surface area contributed by atoms with Crippen LogP contribution in [0.5, 0.6) is 0 Å². The zero-order chi connectivity index (χ0) is 41.5. The molecule has 0 radical (unpaired) electrons. The Labute approximate surface area is 355 Å². The van der Waals surface area contributed by atoms with Crippen LogP contribution in [-0.2, 0) is 28.5 Å². The first kappa shape index (κ1) is 55.5. The van der Waals surface area contributed by atoms with Gasteiger partial charge in [-0.05, 0) is 77.4 Å². The average molecular weight is 811 g/mol. The molecule has 0 heterocycles. The summed E-state index contributed by atoms with van der Waals surface area (Å²) in [5.74, 6) is -0.120. The third kappa shape index (κ3) is 43.9. The van der Waals surface area contributed by atoms with E-state index in [0.717, 1.165) is 64.8 Å². The summed E-state index contributed by atoms with van der Waals surface area (Å²) in [5.41, 5.74) is 0. The van der Waals surface area contributed by atoms with Crippen LogP contribution in [-0.4, -0.2) is 82.8 Å². The van der Waals surface area contributed by atoms with E-state index in [1.807, 2.05) is 6.08 Å². The topological polar surface area (TPSA) is 86.3 Å². The largest absolute Gasteiger partial charge is 0.461 e. The van der Waals surface area contributed by atoms with Crippen LogP contribution in [0, 0.1) is 0 Å². The second-order valence-electron chi connectivity index (χ2n) is 16.5. The summed E-state index contributed by atoms with van der Waals surface area (Å²) in [6.45, 7) is 12.5. The molecule has 57 heavy (non-hydrogen) atoms. The van der Waals surface area contributed by atoms with E-state index in [9.17, 15) is 9.59 Å². The molecular weight excluding hydrogens is 713 g/mol. The Bertz CT molecular complexity index is 847. The van der Waals surface area contributed by atoms with Crippen molar-refractivity contribution in [2.45, 2.75) is 232 Å². The van der Waals surface area contributed by atoms with Gasteiger partial charge in [-0.2, -0.15) is 0 Å². The van der Waals surface area contributed by atoms with Gasteiger partial charge in [-0.3, -0.25) is 9.59 Å². The van der Waals surface area contributed by atoms with E-state index in [1.54, 1.807) is 7.11 Å². The van der Waals surface area contributed by atoms with Gasteiger partial charge in [-0.15, -0.1) is 0 Å². The number of unbranched alkanes of at least 4 members (excludes halogenated alkanes) is 23. The van der Waals surface area contributed by atoms with Gasteiger partial charge in [-0.25, -0.2) is 0 Å². The van der Waals surface area contributed by atoms with Crippen molar-refractivity contribution in [3.05, 3.63) is 12.2 Å². The third-order valence-corrected chi connectivity index (χ3v) is 11.0. The molecule has 0 aliphatic heterocycles. The number of hydrogen-bond acceptors (Lipinski definition) is 7. The molecule has 0 atom stereocenters. The number of rotatable bonds is 47. The summed E-state index contributed by atoms with van der Waals surface area (Å²) < 4.78 is 22.5. The zero-order valence-corrected chi connectivity index (χ0v) is 38.4. The number of nitrogens with one attached hydrogen (secondary N) is 1. The summed E-state index contributed by atoms with van der Waals surface area (Å²) in [5, 5.41) is 2.96. The molecule has 8 nitrogen and oxygen atoms in total. The molecule has 0 bridgehead atoms. The van der Waals surface area contributed by atoms with Crippen LogP contribution in [0.25, 0.3) is 0 Å². The van der Waals surface area contributed by atoms with Crippen LogP contribution in [0.15, 0.2) is 12.2 Å². The van der Waals surface area contributed by atoms with Gasteiger partial charge in [0.15, 0.2) is 0 Å². The first-order valence-corrected chi connectivity index (χ1v) is 24.5. The Morgan fingerprint density at radius 3 is 1.70 bits per heavy atom. The molecule has 8 heteroatoms. The van der Waals surface area contributed by atoms with Gasteiger partial charge in [-0.1, -0.05) is 174 Å². The number of amides is 1. The maximum Gasteiger partial charge on any atom is 0.306 e. The Kier molecular flexibility index (Phi) is 46.0. The summed E-state index contributed by atoms with van der Waals surface area (Å²) in [6.07, 6.45) is 43.4. The average Bonchev–Trinajstić information content (AvgIpc) is 3.21. The minimum absolute atomic E-state index is 0. The van der Waals surface area contributed by atoms with Crippen molar-refractivity contribution in [2.24, 2.45) is 0 Å². The number of esters is 1. The molecule has 0 aromatic heterocycles. The highest BCUT2D eigenvalue weighted by Crippen LogP contribution is 2.17. The Hall–Kier alpha value is -1.48. The van der Waals surface area contributed by atoms with E-state index in [0.29, 0.717) is 32.5 Å². The monoisotopic (exact) mass is 811 g/mol. The zero-order valence-electron chi connectivity index (χ0n) is 38.4. The van der Waals surface area contributed by atoms with E-state index in [1.165, 1.54) is 161 Å². The molecule has 0 spiro atoms. The van der Waals surface area contributed by atoms with Crippen LogP contribution < -0.4 is 5.32 Å². The molecule has 1 N–H and O–H groups in total. The van der Waals surface area contributed by atoms with E-state index in [4.69, 9.17) is 18.9 Å². The quantitative estimate of drug-likeness (QED) is 0.0283. The highest BCUT2D eigenvalue weighted by Gasteiger charge is 2.10. The molecule has 0 aliphatic carbocycles. The Balaban J connectivity index is 0. The molecule has 0 aliphatic rings. The number of methoxy groups -OCH3 is 1. The molecule has 0 saturated carbocycles. The second-order valence-corrected chi connectivity index (χ2v) is 16.5. The van der Waals surface area contributed by atoms with Gasteiger partial charge in [0.1, 0.15) is 20.0 Å². The van der Waals surface area contributed by atoms with Crippen molar-refractivity contribution >= 4 is 11.9 Å². The highest BCUT2D eigenvalue weighted by atomic mass is 16.7. The number of carbonyl (C=O) groups is 2. The maximum atomic E-state index is 12.1. The van der Waals surface area contributed by atoms with Crippen LogP contribution in [0.3, 0.4) is 0 Å². The van der Waals surface area contributed by atoms with E-state index in [-0.39, 0.29) is 19.9 Å². The number of carbonyl (C=O) groups excluding carboxylic acids is 2. The van der Waals surface area contributed by atoms with Gasteiger partial charge in [0.2, 0.25) is 5.91 Å². The van der Waals surface area contributed by atoms with Gasteiger partial charge in [0.05, 0.1) is 6.10 Å². The van der Waals surface area contributed by atoms with Crippen LogP contribution in [0.4, 0.5) is 0 Å². The van der Waals surface area contributed by atoms with E-state index < -0.39 is 0 Å². The molecule has 0 aromatic carbocycles. The maximum absolute atomic E-state index is 12.1. The first-order chi connectivity index (χ1) is 28.1. The van der Waals surface area contributed by atoms with Crippen molar-refractivity contribution in [1.82, 2.24) is 10.2 Å². The smallest absolute Gasteiger partial charge is 0.306 e. The minimum atomic E-state index is -0.0753. The lowest BCUT2D eigenvalue weighted by Crippen LogP contribution is -2.32. The summed E-state index contributed by atoms with van der Waals surface area (Å²) >= 11 is 0. The predicted molar refractivity (Wildman–Crippen MR) is 244 cm³/mol. The van der Waals surface area contributed by atoms with Crippen LogP contribution in [0.1, 0.15) is 228 Å². The standard InChI is InChI=1S/C49H96N2O6.H2/c1-5-8-11-14-18-27-34-44-56-49(53)38-30-23-20-25-32-41-51(42-35-39-50-48(52)45-54-4)40-31-24-17-19-26-33-43-55-46-57-47(36-28-21-15-12-9-6-2)37-29-22-16-13-10-7-3;/h27,34,47H,5-26,28-33,35-46H2,1-4H3,(H,50,52);1H/b34-27-;. The third-order valence-electron chi connectivity index (χ3n) is 11.0. The minimum Gasteiger partial charge on any atom is -0.461 e. The molecule has 340 valence electrons. The van der Waals surface area contributed by atoms with Gasteiger partial charge in [0, 0.05) is 28.1 Å². The van der Waals surface area contributed by atoms with Crippen LogP contribution in [0.2, 0.25) is 0 Å². The molecule has 0 rings (SSSR count). The van der Waals surface area contributed by atoms with Crippen molar-refractivity contribution in [2.75, 3.05) is 59.9 Å². The fourth-order valence-electron chi connectivity index (χ4n) is 7.34. The van der Waals surface area contributed by atoms with Gasteiger partial charge < -0.3 is 29.2 Å². The SMILES string of the molecule is CCCCCC/C=C\COC(=O)CCCCCCCN(CCCCCCCCOCOC(CCCCCCCC)CCCCCCCC)CCCNC(=O)COC.[HH]. The summed E-state index contributed by atoms with van der Waals surface area (Å²) in [7, 11) is 1.55. The van der Waals surface area contributed by atoms with Gasteiger partial charge >= 0.3 is 5.97 Å². The normalized spacial score (nSPS) is 11.8. The van der Waals surface area contributed by atoms with Crippen molar-refractivity contribution in [1.29, 1.82) is 0 Å². The Morgan fingerprint density at radius 2 is 1.11 bits per heavy atom. The van der Waals surface area contributed by atoms with E-state index >= 15 is 0 Å². The number of hydrogen-bond donors (Lipinski definition) is 1. The molecular formula is C49H98N2O6. The van der Waals surface area contributed by atoms with Crippen molar-refractivity contribution < 1.29 is 30.0 Å². The molecule has 1 amide bonds. The Morgan fingerprint density at radius 1 is 0.596 bits per heavy atom. The molecule has 0 saturated heterocycles. The number of nitrogens with zero attached hydrogens (tertiary/aromatic N) is 1. The molecule has 0 fully saturated rings. The lowest BCUT2D eigenvalue weighted by atomic mass is 10.0. The highest BCUT2D eigenvalue weighted by molar-refractivity contribution is 5.77. The fraction of sp³-hybridized carbons (Fsp3) is 0.918. The second kappa shape index (κ2) is 47.2. The summed E-state index contributed by atoms with van der Waals surface area (Å²) in [6, 6.07) is 0. The first-order valence-electron chi connectivity index (χ1n) is 24.5. The van der Waals surface area contributed by atoms with Crippen LogP contribution >= 0.6 is 0 Å². The number of allylic oxidation sites excluding steroid dienone is 1. The predicted octanol–water partition coefficient (Wildman–Crippen LogP) is 13.3. The lowest BCUT2D eigenvalue weighted by molar-refractivity contribution is -0.142. The van der Waals surface area contributed by atoms with Gasteiger partial charge in [0.25, 0.3) is 0 Å². The summed E-state index contributed by atoms with van der Waals surface area (Å²) in [4.78, 5) is 26.4. The number of ether oxygens (including phenoxy) is 4. The van der Waals surface area contributed by atoms with Crippen molar-refractivity contribution in [3.63, 3.8) is 0 Å². The fourth-order valence-corrected chi connectivity index (χ4v) is 7.34. The van der Waals surface area contributed by atoms with E-state index in [2.05, 4.69) is 37.1 Å².